The lowest BCUT2D eigenvalue weighted by molar-refractivity contribution is -0.181. The molecule has 128 valence electrons. The molecule has 0 radical (unpaired) electrons. The summed E-state index contributed by atoms with van der Waals surface area (Å²) >= 11 is 0. The number of amides is 1. The van der Waals surface area contributed by atoms with E-state index in [0.29, 0.717) is 4.67 Å². The van der Waals surface area contributed by atoms with E-state index in [2.05, 4.69) is 34.9 Å². The number of halogens is 3. The highest BCUT2D eigenvalue weighted by molar-refractivity contribution is 7.15. The van der Waals surface area contributed by atoms with Gasteiger partial charge in [-0.25, -0.2) is 0 Å². The van der Waals surface area contributed by atoms with Crippen molar-refractivity contribution in [2.45, 2.75) is 53.8 Å². The van der Waals surface area contributed by atoms with E-state index in [4.69, 9.17) is 5.26 Å². The molecule has 4 nitrogen and oxygen atoms in total. The molecule has 0 rings (SSSR count). The van der Waals surface area contributed by atoms with Gasteiger partial charge < -0.3 is 4.67 Å². The molecule has 0 aromatic rings. The van der Waals surface area contributed by atoms with Crippen molar-refractivity contribution in [3.63, 3.8) is 0 Å². The average molecular weight is 357 g/mol. The maximum absolute atomic E-state index is 12.1. The van der Waals surface area contributed by atoms with E-state index in [1.807, 2.05) is 6.21 Å². The van der Waals surface area contributed by atoms with Crippen molar-refractivity contribution in [1.29, 1.82) is 5.26 Å². The Morgan fingerprint density at radius 1 is 1.23 bits per heavy atom. The molecule has 0 saturated carbocycles. The molecule has 0 heterocycles. The van der Waals surface area contributed by atoms with E-state index in [1.54, 1.807) is 36.2 Å². The van der Waals surface area contributed by atoms with Gasteiger partial charge in [0.1, 0.15) is 6.04 Å². The molecular formula is C13H24F3N3OP2. The summed E-state index contributed by atoms with van der Waals surface area (Å²) in [6, 6.07) is 0.537. The monoisotopic (exact) mass is 357 g/mol. The zero-order chi connectivity index (χ0) is 18.4. The molecule has 0 spiro atoms. The molecular weight excluding hydrogens is 333 g/mol. The van der Waals surface area contributed by atoms with E-state index in [1.165, 1.54) is 0 Å². The Labute approximate surface area is 135 Å². The number of carbonyl (C=O) groups excluding carboxylic acids is 1. The van der Waals surface area contributed by atoms with Gasteiger partial charge in [-0.3, -0.25) is 9.56 Å². The first-order valence-corrected chi connectivity index (χ1v) is 7.40. The number of hydrogen-bond donors (Lipinski definition) is 0. The number of rotatable bonds is 1. The van der Waals surface area contributed by atoms with Gasteiger partial charge in [0.05, 0.1) is 6.07 Å². The molecule has 0 aliphatic carbocycles. The summed E-state index contributed by atoms with van der Waals surface area (Å²) in [7, 11) is 3.96. The van der Waals surface area contributed by atoms with Crippen molar-refractivity contribution in [2.75, 3.05) is 0 Å². The number of alkyl halides is 3. The quantitative estimate of drug-likeness (QED) is 0.526. The maximum atomic E-state index is 12.1. The second kappa shape index (κ2) is 8.79. The number of nitriles is 1. The highest BCUT2D eigenvalue weighted by atomic mass is 31.0. The van der Waals surface area contributed by atoms with Crippen molar-refractivity contribution in [3.05, 3.63) is 0 Å². The Hall–Kier alpha value is -0.720. The molecule has 0 aromatic carbocycles. The van der Waals surface area contributed by atoms with Crippen LogP contribution in [0.1, 0.15) is 41.5 Å². The zero-order valence-corrected chi connectivity index (χ0v) is 16.0. The van der Waals surface area contributed by atoms with Crippen LogP contribution in [-0.4, -0.2) is 29.0 Å². The van der Waals surface area contributed by atoms with E-state index >= 15 is 0 Å². The van der Waals surface area contributed by atoms with Crippen LogP contribution in [0.5, 0.6) is 0 Å². The first-order chi connectivity index (χ1) is 9.57. The minimum absolute atomic E-state index is 0.238. The minimum Gasteiger partial charge on any atom is -0.303 e. The Morgan fingerprint density at radius 3 is 1.77 bits per heavy atom. The Bertz CT molecular complexity index is 432. The number of carbonyl (C=O) groups is 1. The predicted molar refractivity (Wildman–Crippen MR) is 89.1 cm³/mol. The second-order valence-electron chi connectivity index (χ2n) is 6.75. The van der Waals surface area contributed by atoms with Crippen molar-refractivity contribution >= 4 is 30.9 Å². The van der Waals surface area contributed by atoms with Gasteiger partial charge in [-0.05, 0) is 29.6 Å². The van der Waals surface area contributed by atoms with Gasteiger partial charge in [0.15, 0.2) is 0 Å². The summed E-state index contributed by atoms with van der Waals surface area (Å²) in [5.74, 6) is -2.03. The van der Waals surface area contributed by atoms with Gasteiger partial charge >= 0.3 is 12.1 Å². The molecule has 0 aromatic heterocycles. The van der Waals surface area contributed by atoms with Gasteiger partial charge in [0.2, 0.25) is 0 Å². The highest BCUT2D eigenvalue weighted by Gasteiger charge is 2.45. The molecule has 0 bridgehead atoms. The molecule has 9 heteroatoms. The van der Waals surface area contributed by atoms with Crippen LogP contribution in [0.3, 0.4) is 0 Å². The first-order valence-electron chi connectivity index (χ1n) is 6.37. The van der Waals surface area contributed by atoms with E-state index in [0.717, 1.165) is 0 Å². The van der Waals surface area contributed by atoms with Crippen LogP contribution in [0.15, 0.2) is 4.76 Å². The third kappa shape index (κ3) is 10.1. The molecule has 0 aliphatic heterocycles. The summed E-state index contributed by atoms with van der Waals surface area (Å²) in [4.78, 5) is 10.8. The van der Waals surface area contributed by atoms with Gasteiger partial charge in [-0.1, -0.05) is 41.5 Å². The van der Waals surface area contributed by atoms with Crippen molar-refractivity contribution in [1.82, 2.24) is 4.67 Å². The first kappa shape index (κ1) is 23.5. The summed E-state index contributed by atoms with van der Waals surface area (Å²) in [6.07, 6.45) is -3.06. The minimum atomic E-state index is -4.96. The average Bonchev–Trinajstić information content (AvgIpc) is 2.24. The summed E-state index contributed by atoms with van der Waals surface area (Å²) in [5, 5.41) is 8.72. The van der Waals surface area contributed by atoms with Gasteiger partial charge in [0.25, 0.3) is 0 Å². The van der Waals surface area contributed by atoms with E-state index in [-0.39, 0.29) is 5.41 Å². The predicted octanol–water partition coefficient (Wildman–Crippen LogP) is 4.00. The summed E-state index contributed by atoms with van der Waals surface area (Å²) < 4.78 is 40.4. The SMILES string of the molecule is CC(C)(C)C(C#N)N(P)C(=O)C(F)(F)F.CC(C)(C)C=NP. The standard InChI is InChI=1S/C8H12F3N2OP.C5H12NP/c1-7(2,3)5(4-12)13(15)6(14)8(9,10)11;1-5(2,3)4-6-7/h5H,15H2,1-3H3;4H,7H2,1-3H3. The van der Waals surface area contributed by atoms with Crippen LogP contribution >= 0.6 is 18.8 Å². The smallest absolute Gasteiger partial charge is 0.303 e. The molecule has 0 aliphatic rings. The summed E-state index contributed by atoms with van der Waals surface area (Å²) in [6.45, 7) is 11.1. The molecule has 0 fully saturated rings. The molecule has 3 unspecified atom stereocenters. The fraction of sp³-hybridized carbons (Fsp3) is 0.769. The third-order valence-electron chi connectivity index (χ3n) is 2.16. The number of nitrogens with zero attached hydrogens (tertiary/aromatic N) is 3. The van der Waals surface area contributed by atoms with Crippen LogP contribution < -0.4 is 0 Å². The molecule has 3 atom stereocenters. The second-order valence-corrected chi connectivity index (χ2v) is 7.61. The van der Waals surface area contributed by atoms with Crippen LogP contribution in [-0.2, 0) is 4.79 Å². The normalized spacial score (nSPS) is 13.9. The summed E-state index contributed by atoms with van der Waals surface area (Å²) in [5.41, 5.74) is -0.501. The Morgan fingerprint density at radius 2 is 1.64 bits per heavy atom. The lowest BCUT2D eigenvalue weighted by atomic mass is 9.87. The van der Waals surface area contributed by atoms with Crippen molar-refractivity contribution < 1.29 is 18.0 Å². The Kier molecular flexibility index (Phi) is 9.41. The van der Waals surface area contributed by atoms with Crippen LogP contribution in [0.2, 0.25) is 0 Å². The highest BCUT2D eigenvalue weighted by Crippen LogP contribution is 2.30. The largest absolute Gasteiger partial charge is 0.471 e. The lowest BCUT2D eigenvalue weighted by Gasteiger charge is -2.32. The van der Waals surface area contributed by atoms with Crippen LogP contribution in [0.4, 0.5) is 13.2 Å². The fourth-order valence-corrected chi connectivity index (χ4v) is 2.27. The van der Waals surface area contributed by atoms with Gasteiger partial charge in [0, 0.05) is 6.21 Å². The van der Waals surface area contributed by atoms with Crippen LogP contribution in [0, 0.1) is 22.2 Å². The molecule has 22 heavy (non-hydrogen) atoms. The van der Waals surface area contributed by atoms with Crippen molar-refractivity contribution in [3.8, 4) is 6.07 Å². The van der Waals surface area contributed by atoms with Crippen molar-refractivity contribution in [2.24, 2.45) is 15.6 Å². The Balaban J connectivity index is 0. The fourth-order valence-electron chi connectivity index (χ4n) is 1.16. The van der Waals surface area contributed by atoms with Crippen LogP contribution in [0.25, 0.3) is 0 Å². The molecule has 0 saturated heterocycles. The zero-order valence-electron chi connectivity index (χ0n) is 13.7. The molecule has 0 N–H and O–H groups in total. The maximum Gasteiger partial charge on any atom is 0.471 e. The van der Waals surface area contributed by atoms with E-state index in [9.17, 15) is 18.0 Å². The van der Waals surface area contributed by atoms with Gasteiger partial charge in [-0.2, -0.15) is 18.4 Å². The van der Waals surface area contributed by atoms with Gasteiger partial charge in [-0.15, -0.1) is 0 Å². The van der Waals surface area contributed by atoms with E-state index < -0.39 is 23.5 Å². The lowest BCUT2D eigenvalue weighted by Crippen LogP contribution is -2.45. The number of hydrogen-bond acceptors (Lipinski definition) is 3. The third-order valence-corrected chi connectivity index (χ3v) is 2.84. The topological polar surface area (TPSA) is 56.5 Å². The molecule has 1 amide bonds.